The number of benzene rings is 1. The monoisotopic (exact) mass is 285 g/mol. The van der Waals surface area contributed by atoms with Crippen molar-refractivity contribution in [2.75, 3.05) is 24.5 Å². The van der Waals surface area contributed by atoms with Gasteiger partial charge in [-0.2, -0.15) is 4.98 Å². The van der Waals surface area contributed by atoms with Gasteiger partial charge in [0.25, 0.3) is 0 Å². The smallest absolute Gasteiger partial charge is 0.244 e. The Hall–Kier alpha value is -1.88. The van der Waals surface area contributed by atoms with Crippen LogP contribution in [0.1, 0.15) is 37.1 Å². The molecule has 2 heterocycles. The van der Waals surface area contributed by atoms with Gasteiger partial charge in [0.05, 0.1) is 0 Å². The number of hydrogen-bond acceptors (Lipinski definition) is 4. The Kier molecular flexibility index (Phi) is 4.20. The zero-order chi connectivity index (χ0) is 14.7. The molecule has 21 heavy (non-hydrogen) atoms. The third-order valence-electron chi connectivity index (χ3n) is 4.34. The fraction of sp³-hybridized carbons (Fsp3) is 0.500. The van der Waals surface area contributed by atoms with Crippen LogP contribution in [0, 0.1) is 5.92 Å². The van der Waals surface area contributed by atoms with E-state index in [2.05, 4.69) is 46.3 Å². The number of nitrogens with two attached hydrogens (primary N) is 1. The molecule has 0 radical (unpaired) electrons. The van der Waals surface area contributed by atoms with Crippen LogP contribution in [0.3, 0.4) is 0 Å². The Bertz CT molecular complexity index is 565. The van der Waals surface area contributed by atoms with Crippen LogP contribution in [-0.4, -0.2) is 34.8 Å². The van der Waals surface area contributed by atoms with Gasteiger partial charge >= 0.3 is 0 Å². The lowest BCUT2D eigenvalue weighted by Gasteiger charge is -2.31. The van der Waals surface area contributed by atoms with Crippen molar-refractivity contribution in [1.82, 2.24) is 15.2 Å². The molecule has 1 aliphatic heterocycles. The molecular weight excluding hydrogens is 262 g/mol. The van der Waals surface area contributed by atoms with E-state index in [9.17, 15) is 0 Å². The van der Waals surface area contributed by atoms with Gasteiger partial charge in [0.15, 0.2) is 0 Å². The zero-order valence-electron chi connectivity index (χ0n) is 12.5. The van der Waals surface area contributed by atoms with Crippen molar-refractivity contribution in [3.63, 3.8) is 0 Å². The lowest BCUT2D eigenvalue weighted by Crippen LogP contribution is -2.39. The number of anilines is 1. The lowest BCUT2D eigenvalue weighted by atomic mass is 9.99. The first kappa shape index (κ1) is 14.1. The van der Waals surface area contributed by atoms with Crippen LogP contribution < -0.4 is 10.6 Å². The van der Waals surface area contributed by atoms with Gasteiger partial charge in [0.1, 0.15) is 5.82 Å². The summed E-state index contributed by atoms with van der Waals surface area (Å²) in [5.74, 6) is 2.52. The number of rotatable bonds is 4. The minimum Gasteiger partial charge on any atom is -0.339 e. The number of nitrogens with zero attached hydrogens (tertiary/aromatic N) is 3. The molecule has 3 N–H and O–H groups in total. The molecule has 0 amide bonds. The maximum atomic E-state index is 5.80. The molecule has 2 atom stereocenters. The third-order valence-corrected chi connectivity index (χ3v) is 4.34. The Morgan fingerprint density at radius 2 is 2.19 bits per heavy atom. The van der Waals surface area contributed by atoms with Crippen molar-refractivity contribution in [2.45, 2.75) is 25.7 Å². The molecule has 0 spiro atoms. The van der Waals surface area contributed by atoms with Gasteiger partial charge in [0.2, 0.25) is 5.95 Å². The highest BCUT2D eigenvalue weighted by atomic mass is 15.4. The molecule has 1 aromatic heterocycles. The number of piperidine rings is 1. The molecule has 5 nitrogen and oxygen atoms in total. The van der Waals surface area contributed by atoms with E-state index in [1.165, 1.54) is 18.4 Å². The van der Waals surface area contributed by atoms with Crippen molar-refractivity contribution in [2.24, 2.45) is 11.7 Å². The van der Waals surface area contributed by atoms with Crippen molar-refractivity contribution >= 4 is 5.95 Å². The second-order valence-electron chi connectivity index (χ2n) is 5.84. The van der Waals surface area contributed by atoms with E-state index in [0.717, 1.165) is 31.4 Å². The molecule has 3 rings (SSSR count). The fourth-order valence-corrected chi connectivity index (χ4v) is 2.94. The van der Waals surface area contributed by atoms with Crippen LogP contribution in [-0.2, 0) is 0 Å². The van der Waals surface area contributed by atoms with Gasteiger partial charge in [-0.1, -0.05) is 37.3 Å². The first-order chi connectivity index (χ1) is 10.3. The van der Waals surface area contributed by atoms with Crippen molar-refractivity contribution < 1.29 is 0 Å². The highest BCUT2D eigenvalue weighted by molar-refractivity contribution is 5.32. The van der Waals surface area contributed by atoms with E-state index in [0.29, 0.717) is 5.92 Å². The Morgan fingerprint density at radius 1 is 1.38 bits per heavy atom. The number of hydrogen-bond donors (Lipinski definition) is 2. The van der Waals surface area contributed by atoms with E-state index in [4.69, 9.17) is 10.7 Å². The third kappa shape index (κ3) is 3.08. The standard InChI is InChI=1S/C16H23N5/c1-12(14-7-3-2-4-8-14)15-18-16(20-19-15)21-9-5-6-13(10-17)11-21/h2-4,7-8,12-13H,5-6,9-11,17H2,1H3,(H,18,19,20). The molecule has 1 fully saturated rings. The second kappa shape index (κ2) is 6.26. The van der Waals surface area contributed by atoms with Crippen LogP contribution in [0.25, 0.3) is 0 Å². The SMILES string of the molecule is CC(c1ccccc1)c1nc(N2CCCC(CN)C2)n[nH]1. The van der Waals surface area contributed by atoms with Gasteiger partial charge < -0.3 is 10.6 Å². The normalized spacial score (nSPS) is 20.5. The van der Waals surface area contributed by atoms with Gasteiger partial charge in [0, 0.05) is 19.0 Å². The molecule has 1 saturated heterocycles. The average Bonchev–Trinajstić information content (AvgIpc) is 3.05. The maximum Gasteiger partial charge on any atom is 0.244 e. The Balaban J connectivity index is 1.74. The van der Waals surface area contributed by atoms with Crippen molar-refractivity contribution in [1.29, 1.82) is 0 Å². The number of H-pyrrole nitrogens is 1. The summed E-state index contributed by atoms with van der Waals surface area (Å²) in [6.07, 6.45) is 2.38. The van der Waals surface area contributed by atoms with Crippen LogP contribution >= 0.6 is 0 Å². The summed E-state index contributed by atoms with van der Waals surface area (Å²) < 4.78 is 0. The summed E-state index contributed by atoms with van der Waals surface area (Å²) in [6, 6.07) is 10.4. The molecular formula is C16H23N5. The van der Waals surface area contributed by atoms with Crippen LogP contribution in [0.2, 0.25) is 0 Å². The highest BCUT2D eigenvalue weighted by Crippen LogP contribution is 2.24. The van der Waals surface area contributed by atoms with E-state index in [1.807, 2.05) is 6.07 Å². The first-order valence-corrected chi connectivity index (χ1v) is 7.70. The molecule has 2 aromatic rings. The molecule has 5 heteroatoms. The number of nitrogens with one attached hydrogen (secondary N) is 1. The predicted molar refractivity (Wildman–Crippen MR) is 84.3 cm³/mol. The van der Waals surface area contributed by atoms with E-state index in [-0.39, 0.29) is 5.92 Å². The summed E-state index contributed by atoms with van der Waals surface area (Å²) in [5, 5.41) is 7.50. The van der Waals surface area contributed by atoms with Crippen molar-refractivity contribution in [3.05, 3.63) is 41.7 Å². The quantitative estimate of drug-likeness (QED) is 0.903. The molecule has 0 saturated carbocycles. The Labute approximate surface area is 125 Å². The van der Waals surface area contributed by atoms with Gasteiger partial charge in [-0.25, -0.2) is 0 Å². The summed E-state index contributed by atoms with van der Waals surface area (Å²) in [5.41, 5.74) is 7.05. The van der Waals surface area contributed by atoms with Crippen LogP contribution in [0.4, 0.5) is 5.95 Å². The van der Waals surface area contributed by atoms with E-state index in [1.54, 1.807) is 0 Å². The van der Waals surface area contributed by atoms with E-state index >= 15 is 0 Å². The lowest BCUT2D eigenvalue weighted by molar-refractivity contribution is 0.419. The Morgan fingerprint density at radius 3 is 2.95 bits per heavy atom. The van der Waals surface area contributed by atoms with Crippen LogP contribution in [0.15, 0.2) is 30.3 Å². The summed E-state index contributed by atoms with van der Waals surface area (Å²) in [4.78, 5) is 6.95. The fourth-order valence-electron chi connectivity index (χ4n) is 2.94. The van der Waals surface area contributed by atoms with Crippen molar-refractivity contribution in [3.8, 4) is 0 Å². The largest absolute Gasteiger partial charge is 0.339 e. The minimum absolute atomic E-state index is 0.225. The summed E-state index contributed by atoms with van der Waals surface area (Å²) in [7, 11) is 0. The molecule has 0 aliphatic carbocycles. The van der Waals surface area contributed by atoms with Crippen LogP contribution in [0.5, 0.6) is 0 Å². The van der Waals surface area contributed by atoms with Gasteiger partial charge in [-0.05, 0) is 30.9 Å². The minimum atomic E-state index is 0.225. The maximum absolute atomic E-state index is 5.80. The number of aromatic amines is 1. The summed E-state index contributed by atoms with van der Waals surface area (Å²) in [6.45, 7) is 4.88. The van der Waals surface area contributed by atoms with Gasteiger partial charge in [-0.3, -0.25) is 5.10 Å². The average molecular weight is 285 g/mol. The molecule has 1 aliphatic rings. The zero-order valence-corrected chi connectivity index (χ0v) is 12.5. The summed E-state index contributed by atoms with van der Waals surface area (Å²) >= 11 is 0. The number of aromatic nitrogens is 3. The van der Waals surface area contributed by atoms with E-state index < -0.39 is 0 Å². The topological polar surface area (TPSA) is 70.8 Å². The first-order valence-electron chi connectivity index (χ1n) is 7.70. The van der Waals surface area contributed by atoms with Gasteiger partial charge in [-0.15, -0.1) is 5.10 Å². The molecule has 0 bridgehead atoms. The highest BCUT2D eigenvalue weighted by Gasteiger charge is 2.22. The molecule has 112 valence electrons. The predicted octanol–water partition coefficient (Wildman–Crippen LogP) is 2.13. The molecule has 2 unspecified atom stereocenters. The second-order valence-corrected chi connectivity index (χ2v) is 5.84. The molecule has 1 aromatic carbocycles.